The predicted octanol–water partition coefficient (Wildman–Crippen LogP) is 2.07. The number of rotatable bonds is 6. The van der Waals surface area contributed by atoms with Gasteiger partial charge in [0.05, 0.1) is 25.6 Å². The zero-order chi connectivity index (χ0) is 38.9. The monoisotopic (exact) mass is 757 g/mol. The quantitative estimate of drug-likeness (QED) is 0.230. The molecule has 1 aliphatic heterocycles. The van der Waals surface area contributed by atoms with Gasteiger partial charge in [-0.05, 0) is 42.5 Å². The first-order chi connectivity index (χ1) is 25.8. The highest BCUT2D eigenvalue weighted by Crippen LogP contribution is 2.25. The number of carbonyl (C=O) groups is 6. The number of amides is 6. The number of likely N-dealkylation sites (N-methyl/N-ethyl adjacent to an activating group) is 2. The number of nitrogens with one attached hydrogen (secondary N) is 4. The number of pyridine rings is 1. The highest BCUT2D eigenvalue weighted by molar-refractivity contribution is 7.09. The predicted molar refractivity (Wildman–Crippen MR) is 203 cm³/mol. The molecule has 0 unspecified atom stereocenters. The van der Waals surface area contributed by atoms with Crippen molar-refractivity contribution in [1.82, 2.24) is 45.6 Å². The Labute approximate surface area is 317 Å². The maximum Gasteiger partial charge on any atom is 0.271 e. The summed E-state index contributed by atoms with van der Waals surface area (Å²) in [5, 5.41) is 11.5. The Morgan fingerprint density at radius 1 is 0.907 bits per heavy atom. The Morgan fingerprint density at radius 2 is 1.67 bits per heavy atom. The third-order valence-corrected chi connectivity index (χ3v) is 10.1. The van der Waals surface area contributed by atoms with Crippen LogP contribution in [0.1, 0.15) is 59.9 Å². The van der Waals surface area contributed by atoms with Crippen LogP contribution in [0.5, 0.6) is 0 Å². The summed E-state index contributed by atoms with van der Waals surface area (Å²) in [5.41, 5.74) is 2.41. The second-order valence-electron chi connectivity index (χ2n) is 14.0. The lowest BCUT2D eigenvalue weighted by atomic mass is 10.0. The first-order valence-electron chi connectivity index (χ1n) is 17.9. The SMILES string of the molecule is CC(C)C[C@@H]1NC(=O)CN(C(=O)Cc2cccnc2)CCN(C)C(=O)[C@H](C)NC(=O)CN(C)C(=O)[C@@H](Cc2c[nH]c3ccccc23)NC(=O)c2csc1n2. The Hall–Kier alpha value is -5.64. The standard InChI is InChI=1S/C38H47N9O6S/c1-23(2)15-29-36-44-31(22-54-36)35(51)43-30(17-26-19-40-28-11-7-6-10-27(26)28)38(53)46(5)20-32(48)41-24(3)37(52)45(4)13-14-47(21-33(49)42-29)34(50)16-25-9-8-12-39-18-25/h6-12,18-19,22-24,29-30,40H,13-17,20-21H2,1-5H3,(H,41,48)(H,42,49)(H,43,51)/t24-,29-,30+/m0/s1. The molecule has 0 saturated heterocycles. The molecular formula is C38H47N9O6S. The third kappa shape index (κ3) is 10.3. The summed E-state index contributed by atoms with van der Waals surface area (Å²) >= 11 is 1.21. The van der Waals surface area contributed by atoms with Gasteiger partial charge >= 0.3 is 0 Å². The number of hydrogen-bond donors (Lipinski definition) is 4. The van der Waals surface area contributed by atoms with Gasteiger partial charge in [-0.1, -0.05) is 38.1 Å². The molecule has 4 heterocycles. The van der Waals surface area contributed by atoms with E-state index in [1.165, 1.54) is 40.0 Å². The minimum Gasteiger partial charge on any atom is -0.361 e. The van der Waals surface area contributed by atoms with Crippen molar-refractivity contribution in [2.75, 3.05) is 40.3 Å². The molecule has 4 N–H and O–H groups in total. The van der Waals surface area contributed by atoms with Crippen LogP contribution in [0.15, 0.2) is 60.4 Å². The molecule has 1 aliphatic rings. The second-order valence-corrected chi connectivity index (χ2v) is 14.9. The minimum absolute atomic E-state index is 0.000838. The highest BCUT2D eigenvalue weighted by atomic mass is 32.1. The number of H-pyrrole nitrogens is 1. The smallest absolute Gasteiger partial charge is 0.271 e. The van der Waals surface area contributed by atoms with Gasteiger partial charge in [0.15, 0.2) is 0 Å². The van der Waals surface area contributed by atoms with Crippen molar-refractivity contribution in [3.8, 4) is 0 Å². The molecule has 3 atom stereocenters. The van der Waals surface area contributed by atoms with Crippen LogP contribution in [0.4, 0.5) is 0 Å². The van der Waals surface area contributed by atoms with E-state index < -0.39 is 47.7 Å². The van der Waals surface area contributed by atoms with Crippen molar-refractivity contribution in [2.45, 2.75) is 58.2 Å². The average Bonchev–Trinajstić information content (AvgIpc) is 3.80. The molecule has 0 saturated carbocycles. The average molecular weight is 758 g/mol. The molecule has 15 nitrogen and oxygen atoms in total. The van der Waals surface area contributed by atoms with E-state index in [2.05, 4.69) is 30.9 Å². The summed E-state index contributed by atoms with van der Waals surface area (Å²) in [7, 11) is 3.01. The number of hydrogen-bond acceptors (Lipinski definition) is 9. The van der Waals surface area contributed by atoms with Gasteiger partial charge in [-0.25, -0.2) is 4.98 Å². The van der Waals surface area contributed by atoms with E-state index in [9.17, 15) is 28.8 Å². The summed E-state index contributed by atoms with van der Waals surface area (Å²) in [6, 6.07) is 8.50. The molecule has 4 aromatic rings. The van der Waals surface area contributed by atoms with Crippen LogP contribution < -0.4 is 16.0 Å². The van der Waals surface area contributed by atoms with Gasteiger partial charge in [0.1, 0.15) is 22.8 Å². The minimum atomic E-state index is -1.07. The van der Waals surface area contributed by atoms with Crippen molar-refractivity contribution in [3.05, 3.63) is 82.2 Å². The summed E-state index contributed by atoms with van der Waals surface area (Å²) in [6.07, 6.45) is 5.60. The lowest BCUT2D eigenvalue weighted by Crippen LogP contribution is -2.53. The molecule has 0 aliphatic carbocycles. The van der Waals surface area contributed by atoms with Gasteiger partial charge < -0.3 is 35.6 Å². The fourth-order valence-corrected chi connectivity index (χ4v) is 7.17. The highest BCUT2D eigenvalue weighted by Gasteiger charge is 2.30. The van der Waals surface area contributed by atoms with Crippen molar-refractivity contribution in [1.29, 1.82) is 0 Å². The first kappa shape index (κ1) is 39.6. The van der Waals surface area contributed by atoms with E-state index in [0.29, 0.717) is 17.0 Å². The van der Waals surface area contributed by atoms with E-state index in [1.54, 1.807) is 43.2 Å². The zero-order valence-corrected chi connectivity index (χ0v) is 31.9. The van der Waals surface area contributed by atoms with Crippen LogP contribution in [0.2, 0.25) is 0 Å². The van der Waals surface area contributed by atoms with Crippen molar-refractivity contribution >= 4 is 57.7 Å². The Balaban J connectivity index is 1.45. The van der Waals surface area contributed by atoms with Crippen LogP contribution in [0.3, 0.4) is 0 Å². The van der Waals surface area contributed by atoms with Crippen molar-refractivity contribution in [2.24, 2.45) is 5.92 Å². The van der Waals surface area contributed by atoms with E-state index in [4.69, 9.17) is 0 Å². The van der Waals surface area contributed by atoms with Crippen molar-refractivity contribution < 1.29 is 28.8 Å². The fourth-order valence-electron chi connectivity index (χ4n) is 6.31. The molecule has 54 heavy (non-hydrogen) atoms. The molecule has 2 bridgehead atoms. The van der Waals surface area contributed by atoms with Crippen LogP contribution in [-0.2, 0) is 36.8 Å². The number of aromatic nitrogens is 3. The number of aromatic amines is 1. The van der Waals surface area contributed by atoms with Gasteiger partial charge in [-0.2, -0.15) is 0 Å². The number of benzene rings is 1. The molecule has 3 aromatic heterocycles. The Kier molecular flexibility index (Phi) is 13.1. The van der Waals surface area contributed by atoms with Crippen molar-refractivity contribution in [3.63, 3.8) is 0 Å². The largest absolute Gasteiger partial charge is 0.361 e. The van der Waals surface area contributed by atoms with Gasteiger partial charge in [-0.15, -0.1) is 11.3 Å². The Morgan fingerprint density at radius 3 is 2.41 bits per heavy atom. The molecule has 286 valence electrons. The summed E-state index contributed by atoms with van der Waals surface area (Å²) in [6.45, 7) is 5.00. The van der Waals surface area contributed by atoms with E-state index >= 15 is 0 Å². The maximum atomic E-state index is 13.9. The molecule has 0 radical (unpaired) electrons. The van der Waals surface area contributed by atoms with Crippen LogP contribution in [0, 0.1) is 5.92 Å². The van der Waals surface area contributed by atoms with Gasteiger partial charge in [0, 0.05) is 68.5 Å². The molecule has 1 aromatic carbocycles. The second kappa shape index (κ2) is 17.9. The molecular weight excluding hydrogens is 711 g/mol. The topological polar surface area (TPSA) is 190 Å². The van der Waals surface area contributed by atoms with Crippen LogP contribution >= 0.6 is 11.3 Å². The maximum absolute atomic E-state index is 13.9. The zero-order valence-electron chi connectivity index (χ0n) is 31.1. The van der Waals surface area contributed by atoms with E-state index in [-0.39, 0.29) is 56.5 Å². The van der Waals surface area contributed by atoms with Crippen LogP contribution in [0.25, 0.3) is 10.9 Å². The molecule has 6 amide bonds. The number of nitrogens with zero attached hydrogens (tertiary/aromatic N) is 5. The molecule has 0 spiro atoms. The van der Waals surface area contributed by atoms with E-state index in [0.717, 1.165) is 16.5 Å². The normalized spacial score (nSPS) is 20.1. The van der Waals surface area contributed by atoms with Gasteiger partial charge in [0.2, 0.25) is 29.5 Å². The lowest BCUT2D eigenvalue weighted by molar-refractivity contribution is -0.139. The lowest BCUT2D eigenvalue weighted by Gasteiger charge is -2.28. The summed E-state index contributed by atoms with van der Waals surface area (Å²) in [4.78, 5) is 97.2. The fraction of sp³-hybridized carbons (Fsp3) is 0.421. The van der Waals surface area contributed by atoms with Crippen LogP contribution in [-0.4, -0.2) is 117 Å². The molecule has 5 rings (SSSR count). The van der Waals surface area contributed by atoms with E-state index in [1.807, 2.05) is 38.1 Å². The number of thiazole rings is 1. The third-order valence-electron chi connectivity index (χ3n) is 9.15. The molecule has 0 fully saturated rings. The Bertz CT molecular complexity index is 1980. The number of carbonyl (C=O) groups excluding carboxylic acids is 6. The number of para-hydroxylation sites is 1. The summed E-state index contributed by atoms with van der Waals surface area (Å²) in [5.74, 6) is -2.73. The molecule has 16 heteroatoms. The van der Waals surface area contributed by atoms with Gasteiger partial charge in [0.25, 0.3) is 5.91 Å². The number of fused-ring (bicyclic) bond motifs is 3. The van der Waals surface area contributed by atoms with Gasteiger partial charge in [-0.3, -0.25) is 33.8 Å². The summed E-state index contributed by atoms with van der Waals surface area (Å²) < 4.78 is 0. The first-order valence-corrected chi connectivity index (χ1v) is 18.7.